The highest BCUT2D eigenvalue weighted by Gasteiger charge is 2.11. The fraction of sp³-hybridized carbons (Fsp3) is 0.467. The summed E-state index contributed by atoms with van der Waals surface area (Å²) in [5.41, 5.74) is 10.5. The van der Waals surface area contributed by atoms with Crippen molar-refractivity contribution in [2.45, 2.75) is 46.2 Å². The Morgan fingerprint density at radius 3 is 2.37 bits per heavy atom. The Kier molecular flexibility index (Phi) is 4.00. The molecule has 0 amide bonds. The van der Waals surface area contributed by atoms with Gasteiger partial charge in [0.1, 0.15) is 0 Å². The van der Waals surface area contributed by atoms with Gasteiger partial charge in [0, 0.05) is 36.1 Å². The lowest BCUT2D eigenvalue weighted by Gasteiger charge is -2.12. The van der Waals surface area contributed by atoms with E-state index < -0.39 is 0 Å². The molecule has 0 aliphatic rings. The van der Waals surface area contributed by atoms with E-state index in [9.17, 15) is 0 Å². The molecule has 0 radical (unpaired) electrons. The Morgan fingerprint density at radius 1 is 1.21 bits per heavy atom. The van der Waals surface area contributed by atoms with E-state index in [4.69, 9.17) is 5.73 Å². The van der Waals surface area contributed by atoms with Crippen molar-refractivity contribution in [2.24, 2.45) is 5.73 Å². The third-order valence-electron chi connectivity index (χ3n) is 3.15. The molecule has 2 N–H and O–H groups in total. The Labute approximate surface area is 114 Å². The highest BCUT2D eigenvalue weighted by molar-refractivity contribution is 5.24. The molecule has 0 spiro atoms. The van der Waals surface area contributed by atoms with Crippen molar-refractivity contribution < 1.29 is 0 Å². The number of rotatable bonds is 4. The largest absolute Gasteiger partial charge is 0.324 e. The van der Waals surface area contributed by atoms with E-state index in [-0.39, 0.29) is 6.04 Å². The molecule has 2 rings (SSSR count). The summed E-state index contributed by atoms with van der Waals surface area (Å²) < 4.78 is 1.96. The zero-order valence-electron chi connectivity index (χ0n) is 12.1. The SMILES string of the molecule is Cc1cc(C(N)Cc2ccn(C(C)C)n2)cc(C)n1. The molecular formula is C15H22N4. The zero-order chi connectivity index (χ0) is 14.0. The molecule has 1 atom stereocenters. The molecule has 0 fully saturated rings. The van der Waals surface area contributed by atoms with Crippen molar-refractivity contribution in [3.8, 4) is 0 Å². The maximum absolute atomic E-state index is 6.27. The average molecular weight is 258 g/mol. The van der Waals surface area contributed by atoms with Gasteiger partial charge in [-0.25, -0.2) is 0 Å². The number of pyridine rings is 1. The van der Waals surface area contributed by atoms with Crippen LogP contribution in [0.5, 0.6) is 0 Å². The minimum atomic E-state index is -0.0316. The summed E-state index contributed by atoms with van der Waals surface area (Å²) in [7, 11) is 0. The van der Waals surface area contributed by atoms with Gasteiger partial charge in [-0.3, -0.25) is 9.67 Å². The van der Waals surface area contributed by atoms with Gasteiger partial charge in [-0.2, -0.15) is 5.10 Å². The van der Waals surface area contributed by atoms with E-state index in [1.165, 1.54) is 0 Å². The molecule has 2 heterocycles. The first-order valence-corrected chi connectivity index (χ1v) is 6.70. The van der Waals surface area contributed by atoms with E-state index >= 15 is 0 Å². The molecule has 2 aromatic heterocycles. The molecule has 19 heavy (non-hydrogen) atoms. The highest BCUT2D eigenvalue weighted by atomic mass is 15.3. The van der Waals surface area contributed by atoms with Gasteiger partial charge in [0.15, 0.2) is 0 Å². The van der Waals surface area contributed by atoms with Gasteiger partial charge in [-0.15, -0.1) is 0 Å². The van der Waals surface area contributed by atoms with Crippen LogP contribution in [-0.4, -0.2) is 14.8 Å². The standard InChI is InChI=1S/C15H22N4/c1-10(2)19-6-5-14(18-19)9-15(16)13-7-11(3)17-12(4)8-13/h5-8,10,15H,9,16H2,1-4H3. The number of hydrogen-bond donors (Lipinski definition) is 1. The third-order valence-corrected chi connectivity index (χ3v) is 3.15. The van der Waals surface area contributed by atoms with Crippen LogP contribution in [0.1, 0.15) is 48.6 Å². The number of hydrogen-bond acceptors (Lipinski definition) is 3. The molecule has 0 saturated heterocycles. The Hall–Kier alpha value is -1.68. The van der Waals surface area contributed by atoms with E-state index in [2.05, 4.69) is 36.1 Å². The quantitative estimate of drug-likeness (QED) is 0.917. The maximum Gasteiger partial charge on any atom is 0.0643 e. The van der Waals surface area contributed by atoms with Crippen LogP contribution in [0.15, 0.2) is 24.4 Å². The summed E-state index contributed by atoms with van der Waals surface area (Å²) in [6.07, 6.45) is 2.76. The van der Waals surface area contributed by atoms with Gasteiger partial charge in [0.25, 0.3) is 0 Å². The Balaban J connectivity index is 2.13. The van der Waals surface area contributed by atoms with E-state index in [1.807, 2.05) is 30.8 Å². The minimum Gasteiger partial charge on any atom is -0.324 e. The molecule has 4 heteroatoms. The van der Waals surface area contributed by atoms with Crippen LogP contribution in [0.25, 0.3) is 0 Å². The lowest BCUT2D eigenvalue weighted by Crippen LogP contribution is -2.15. The molecule has 1 unspecified atom stereocenters. The predicted octanol–water partition coefficient (Wildman–Crippen LogP) is 2.72. The van der Waals surface area contributed by atoms with Crippen LogP contribution in [0.3, 0.4) is 0 Å². The molecule has 4 nitrogen and oxygen atoms in total. The van der Waals surface area contributed by atoms with E-state index in [0.717, 1.165) is 29.1 Å². The first kappa shape index (κ1) is 13.7. The summed E-state index contributed by atoms with van der Waals surface area (Å²) in [5.74, 6) is 0. The van der Waals surface area contributed by atoms with Gasteiger partial charge < -0.3 is 5.73 Å². The van der Waals surface area contributed by atoms with E-state index in [0.29, 0.717) is 6.04 Å². The number of aromatic nitrogens is 3. The van der Waals surface area contributed by atoms with Crippen molar-refractivity contribution in [3.05, 3.63) is 47.0 Å². The molecular weight excluding hydrogens is 236 g/mol. The van der Waals surface area contributed by atoms with Crippen molar-refractivity contribution in [2.75, 3.05) is 0 Å². The molecule has 0 aromatic carbocycles. The number of nitrogens with two attached hydrogens (primary N) is 1. The smallest absolute Gasteiger partial charge is 0.0643 e. The van der Waals surface area contributed by atoms with Crippen molar-refractivity contribution in [3.63, 3.8) is 0 Å². The monoisotopic (exact) mass is 258 g/mol. The van der Waals surface area contributed by atoms with Crippen LogP contribution in [-0.2, 0) is 6.42 Å². The molecule has 0 bridgehead atoms. The second-order valence-electron chi connectivity index (χ2n) is 5.37. The van der Waals surface area contributed by atoms with Gasteiger partial charge in [-0.05, 0) is 51.5 Å². The first-order valence-electron chi connectivity index (χ1n) is 6.70. The number of nitrogens with zero attached hydrogens (tertiary/aromatic N) is 3. The lowest BCUT2D eigenvalue weighted by molar-refractivity contribution is 0.522. The van der Waals surface area contributed by atoms with Crippen LogP contribution in [0.4, 0.5) is 0 Å². The maximum atomic E-state index is 6.27. The van der Waals surface area contributed by atoms with Crippen LogP contribution in [0.2, 0.25) is 0 Å². The second kappa shape index (κ2) is 5.53. The molecule has 102 valence electrons. The Bertz CT molecular complexity index is 537. The number of aryl methyl sites for hydroxylation is 2. The fourth-order valence-electron chi connectivity index (χ4n) is 2.20. The summed E-state index contributed by atoms with van der Waals surface area (Å²) in [6, 6.07) is 6.50. The first-order chi connectivity index (χ1) is 8.95. The summed E-state index contributed by atoms with van der Waals surface area (Å²) in [4.78, 5) is 4.38. The molecule has 0 saturated carbocycles. The molecule has 2 aromatic rings. The van der Waals surface area contributed by atoms with Gasteiger partial charge >= 0.3 is 0 Å². The van der Waals surface area contributed by atoms with Crippen LogP contribution in [0, 0.1) is 13.8 Å². The van der Waals surface area contributed by atoms with Crippen LogP contribution >= 0.6 is 0 Å². The summed E-state index contributed by atoms with van der Waals surface area (Å²) >= 11 is 0. The predicted molar refractivity (Wildman–Crippen MR) is 77.0 cm³/mol. The lowest BCUT2D eigenvalue weighted by atomic mass is 10.0. The van der Waals surface area contributed by atoms with Crippen molar-refractivity contribution in [1.29, 1.82) is 0 Å². The van der Waals surface area contributed by atoms with Crippen molar-refractivity contribution in [1.82, 2.24) is 14.8 Å². The zero-order valence-corrected chi connectivity index (χ0v) is 12.1. The highest BCUT2D eigenvalue weighted by Crippen LogP contribution is 2.17. The summed E-state index contributed by atoms with van der Waals surface area (Å²) in [6.45, 7) is 8.23. The van der Waals surface area contributed by atoms with Gasteiger partial charge in [-0.1, -0.05) is 0 Å². The Morgan fingerprint density at radius 2 is 1.84 bits per heavy atom. The topological polar surface area (TPSA) is 56.7 Å². The van der Waals surface area contributed by atoms with Gasteiger partial charge in [0.05, 0.1) is 5.69 Å². The van der Waals surface area contributed by atoms with Crippen molar-refractivity contribution >= 4 is 0 Å². The second-order valence-corrected chi connectivity index (χ2v) is 5.37. The van der Waals surface area contributed by atoms with Crippen LogP contribution < -0.4 is 5.73 Å². The minimum absolute atomic E-state index is 0.0316. The summed E-state index contributed by atoms with van der Waals surface area (Å²) in [5, 5.41) is 4.54. The normalized spacial score (nSPS) is 12.9. The average Bonchev–Trinajstić information content (AvgIpc) is 2.76. The van der Waals surface area contributed by atoms with E-state index in [1.54, 1.807) is 0 Å². The third kappa shape index (κ3) is 3.41. The van der Waals surface area contributed by atoms with Gasteiger partial charge in [0.2, 0.25) is 0 Å². The molecule has 0 aliphatic carbocycles. The fourth-order valence-corrected chi connectivity index (χ4v) is 2.20. The molecule has 0 aliphatic heterocycles.